The number of hydrogen-bond acceptors (Lipinski definition) is 6. The van der Waals surface area contributed by atoms with E-state index >= 15 is 0 Å². The summed E-state index contributed by atoms with van der Waals surface area (Å²) in [6, 6.07) is 3.58. The molecule has 10 heteroatoms. The number of aromatic nitrogens is 1. The number of anilines is 1. The average Bonchev–Trinajstić information content (AvgIpc) is 3.16. The van der Waals surface area contributed by atoms with Crippen molar-refractivity contribution >= 4 is 64.4 Å². The Hall–Kier alpha value is -1.19. The molecule has 0 aliphatic heterocycles. The molecule has 24 heavy (non-hydrogen) atoms. The lowest BCUT2D eigenvalue weighted by Crippen LogP contribution is -2.33. The predicted octanol–water partition coefficient (Wildman–Crippen LogP) is 2.52. The van der Waals surface area contributed by atoms with Gasteiger partial charge in [-0.2, -0.15) is 0 Å². The second kappa shape index (κ2) is 11.4. The van der Waals surface area contributed by atoms with E-state index in [0.29, 0.717) is 22.2 Å². The van der Waals surface area contributed by atoms with Crippen molar-refractivity contribution in [3.05, 3.63) is 33.5 Å². The maximum Gasteiger partial charge on any atom is 0.267 e. The Morgan fingerprint density at radius 1 is 1.29 bits per heavy atom. The van der Waals surface area contributed by atoms with Crippen LogP contribution < -0.4 is 10.6 Å². The van der Waals surface area contributed by atoms with Crippen molar-refractivity contribution in [2.75, 3.05) is 32.5 Å². The number of thiazole rings is 1. The van der Waals surface area contributed by atoms with Gasteiger partial charge < -0.3 is 10.2 Å². The largest absolute Gasteiger partial charge is 0.344 e. The van der Waals surface area contributed by atoms with Crippen LogP contribution in [0.25, 0.3) is 0 Å². The van der Waals surface area contributed by atoms with Gasteiger partial charge in [0.1, 0.15) is 0 Å². The molecule has 0 unspecified atom stereocenters. The molecule has 2 heterocycles. The van der Waals surface area contributed by atoms with Gasteiger partial charge in [0.15, 0.2) is 5.13 Å². The van der Waals surface area contributed by atoms with E-state index in [2.05, 4.69) is 15.6 Å². The third-order valence-electron chi connectivity index (χ3n) is 2.97. The van der Waals surface area contributed by atoms with Crippen molar-refractivity contribution in [3.8, 4) is 0 Å². The summed E-state index contributed by atoms with van der Waals surface area (Å²) in [4.78, 5) is 30.5. The minimum absolute atomic E-state index is 0. The highest BCUT2D eigenvalue weighted by Crippen LogP contribution is 2.18. The van der Waals surface area contributed by atoms with Gasteiger partial charge in [-0.1, -0.05) is 6.07 Å². The summed E-state index contributed by atoms with van der Waals surface area (Å²) in [6.45, 7) is 1.41. The monoisotopic (exact) mass is 410 g/mol. The highest BCUT2D eigenvalue weighted by atomic mass is 35.5. The molecule has 2 aromatic rings. The highest BCUT2D eigenvalue weighted by Gasteiger charge is 2.13. The first-order chi connectivity index (χ1) is 10.6. The third kappa shape index (κ3) is 6.74. The first-order valence-corrected chi connectivity index (χ1v) is 8.54. The van der Waals surface area contributed by atoms with Crippen LogP contribution in [0.15, 0.2) is 22.9 Å². The zero-order valence-electron chi connectivity index (χ0n) is 13.3. The lowest BCUT2D eigenvalue weighted by atomic mass is 10.3. The summed E-state index contributed by atoms with van der Waals surface area (Å²) in [7, 11) is 3.62. The van der Waals surface area contributed by atoms with E-state index in [1.165, 1.54) is 22.7 Å². The van der Waals surface area contributed by atoms with Gasteiger partial charge in [-0.3, -0.25) is 14.9 Å². The number of nitrogens with one attached hydrogen (secondary N) is 2. The maximum atomic E-state index is 12.0. The molecular weight excluding hydrogens is 391 g/mol. The molecule has 0 radical (unpaired) electrons. The van der Waals surface area contributed by atoms with E-state index in [-0.39, 0.29) is 43.0 Å². The molecule has 0 fully saturated rings. The van der Waals surface area contributed by atoms with Crippen LogP contribution in [0.2, 0.25) is 0 Å². The van der Waals surface area contributed by atoms with Crippen molar-refractivity contribution in [2.45, 2.75) is 6.42 Å². The van der Waals surface area contributed by atoms with Crippen LogP contribution in [-0.4, -0.2) is 48.9 Å². The molecule has 0 spiro atoms. The molecular formula is C14H20Cl2N4O2S2. The summed E-state index contributed by atoms with van der Waals surface area (Å²) in [5, 5.41) is 9.91. The third-order valence-corrected chi connectivity index (χ3v) is 4.65. The van der Waals surface area contributed by atoms with E-state index in [1.54, 1.807) is 23.4 Å². The molecule has 2 aromatic heterocycles. The van der Waals surface area contributed by atoms with Crippen LogP contribution in [0.1, 0.15) is 15.4 Å². The van der Waals surface area contributed by atoms with Crippen molar-refractivity contribution < 1.29 is 9.59 Å². The standard InChI is InChI=1S/C14H18N4O2S2.2ClH/c1-15-5-6-18(2)12(19)8-10-9-22-14(16-10)17-13(20)11-4-3-7-21-11;;/h3-4,7,9,15H,5-6,8H2,1-2H3,(H,16,17,20);2*1H. The molecule has 2 N–H and O–H groups in total. The summed E-state index contributed by atoms with van der Waals surface area (Å²) in [5.41, 5.74) is 0.674. The Labute approximate surface area is 161 Å². The van der Waals surface area contributed by atoms with Gasteiger partial charge in [0.25, 0.3) is 5.91 Å². The normalized spacial score (nSPS) is 9.58. The summed E-state index contributed by atoms with van der Waals surface area (Å²) in [6.07, 6.45) is 0.242. The van der Waals surface area contributed by atoms with Crippen molar-refractivity contribution in [2.24, 2.45) is 0 Å². The molecule has 0 bridgehead atoms. The van der Waals surface area contributed by atoms with Gasteiger partial charge >= 0.3 is 0 Å². The second-order valence-electron chi connectivity index (χ2n) is 4.67. The van der Waals surface area contributed by atoms with Crippen molar-refractivity contribution in [1.82, 2.24) is 15.2 Å². The van der Waals surface area contributed by atoms with Crippen molar-refractivity contribution in [1.29, 1.82) is 0 Å². The predicted molar refractivity (Wildman–Crippen MR) is 104 cm³/mol. The number of thiophene rings is 1. The van der Waals surface area contributed by atoms with Gasteiger partial charge in [0.05, 0.1) is 17.0 Å². The number of hydrogen-bond donors (Lipinski definition) is 2. The van der Waals surface area contributed by atoms with Gasteiger partial charge in [-0.05, 0) is 18.5 Å². The van der Waals surface area contributed by atoms with E-state index in [0.717, 1.165) is 6.54 Å². The highest BCUT2D eigenvalue weighted by molar-refractivity contribution is 7.14. The van der Waals surface area contributed by atoms with Gasteiger partial charge in [0, 0.05) is 25.5 Å². The fourth-order valence-electron chi connectivity index (χ4n) is 1.71. The first-order valence-electron chi connectivity index (χ1n) is 6.78. The lowest BCUT2D eigenvalue weighted by molar-refractivity contribution is -0.129. The average molecular weight is 411 g/mol. The quantitative estimate of drug-likeness (QED) is 0.735. The zero-order valence-corrected chi connectivity index (χ0v) is 16.5. The Morgan fingerprint density at radius 3 is 2.67 bits per heavy atom. The molecule has 6 nitrogen and oxygen atoms in total. The molecule has 0 saturated heterocycles. The number of amides is 2. The maximum absolute atomic E-state index is 12.0. The topological polar surface area (TPSA) is 74.3 Å². The summed E-state index contributed by atoms with van der Waals surface area (Å²) >= 11 is 2.70. The molecule has 0 aromatic carbocycles. The van der Waals surface area contributed by atoms with Crippen LogP contribution in [0, 0.1) is 0 Å². The van der Waals surface area contributed by atoms with Gasteiger partial charge in [-0.15, -0.1) is 47.5 Å². The Bertz CT molecular complexity index is 635. The van der Waals surface area contributed by atoms with Crippen LogP contribution in [0.3, 0.4) is 0 Å². The minimum Gasteiger partial charge on any atom is -0.344 e. The molecule has 0 atom stereocenters. The molecule has 0 aliphatic rings. The van der Waals surface area contributed by atoms with E-state index < -0.39 is 0 Å². The summed E-state index contributed by atoms with van der Waals surface area (Å²) < 4.78 is 0. The smallest absolute Gasteiger partial charge is 0.267 e. The van der Waals surface area contributed by atoms with Gasteiger partial charge in [-0.25, -0.2) is 4.98 Å². The number of carbonyl (C=O) groups excluding carboxylic acids is 2. The Morgan fingerprint density at radius 2 is 2.04 bits per heavy atom. The molecule has 0 saturated carbocycles. The lowest BCUT2D eigenvalue weighted by Gasteiger charge is -2.15. The second-order valence-corrected chi connectivity index (χ2v) is 6.48. The number of likely N-dealkylation sites (N-methyl/N-ethyl adjacent to an activating group) is 2. The number of halogens is 2. The molecule has 2 amide bonds. The van der Waals surface area contributed by atoms with Gasteiger partial charge in [0.2, 0.25) is 5.91 Å². The van der Waals surface area contributed by atoms with E-state index in [1.807, 2.05) is 18.5 Å². The summed E-state index contributed by atoms with van der Waals surface area (Å²) in [5.74, 6) is -0.162. The fraction of sp³-hybridized carbons (Fsp3) is 0.357. The van der Waals surface area contributed by atoms with E-state index in [4.69, 9.17) is 0 Å². The van der Waals surface area contributed by atoms with Crippen LogP contribution in [-0.2, 0) is 11.2 Å². The first kappa shape index (κ1) is 22.8. The van der Waals surface area contributed by atoms with Crippen LogP contribution >= 0.6 is 47.5 Å². The SMILES string of the molecule is CNCCN(C)C(=O)Cc1csc(NC(=O)c2cccs2)n1.Cl.Cl. The Kier molecular flexibility index (Phi) is 10.8. The van der Waals surface area contributed by atoms with Crippen LogP contribution in [0.5, 0.6) is 0 Å². The number of rotatable bonds is 7. The minimum atomic E-state index is -0.173. The fourth-order valence-corrected chi connectivity index (χ4v) is 3.03. The zero-order chi connectivity index (χ0) is 15.9. The number of carbonyl (C=O) groups is 2. The van der Waals surface area contributed by atoms with Crippen molar-refractivity contribution in [3.63, 3.8) is 0 Å². The molecule has 0 aliphatic carbocycles. The Balaban J connectivity index is 0.00000264. The van der Waals surface area contributed by atoms with E-state index in [9.17, 15) is 9.59 Å². The number of nitrogens with zero attached hydrogens (tertiary/aromatic N) is 2. The molecule has 2 rings (SSSR count). The van der Waals surface area contributed by atoms with Crippen LogP contribution in [0.4, 0.5) is 5.13 Å². The molecule has 134 valence electrons.